The van der Waals surface area contributed by atoms with Crippen molar-refractivity contribution in [2.75, 3.05) is 14.2 Å². The van der Waals surface area contributed by atoms with Crippen molar-refractivity contribution in [3.63, 3.8) is 0 Å². The van der Waals surface area contributed by atoms with Gasteiger partial charge >= 0.3 is 0 Å². The summed E-state index contributed by atoms with van der Waals surface area (Å²) < 4.78 is 16.3. The second kappa shape index (κ2) is 7.57. The maximum atomic E-state index is 12.0. The van der Waals surface area contributed by atoms with E-state index in [2.05, 4.69) is 5.32 Å². The number of hydrogen-bond donors (Lipinski definition) is 1. The number of methoxy groups -OCH3 is 2. The molecule has 0 fully saturated rings. The molecule has 0 aliphatic rings. The molecule has 0 atom stereocenters. The number of carbonyl (C=O) groups excluding carboxylic acids is 1. The number of hydrogen-bond acceptors (Lipinski definition) is 4. The van der Waals surface area contributed by atoms with Gasteiger partial charge in [0.2, 0.25) is 5.91 Å². The van der Waals surface area contributed by atoms with Crippen LogP contribution >= 0.6 is 0 Å². The number of benzene rings is 2. The molecule has 0 spiro atoms. The van der Waals surface area contributed by atoms with Gasteiger partial charge < -0.3 is 19.2 Å². The van der Waals surface area contributed by atoms with Gasteiger partial charge in [0.25, 0.3) is 0 Å². The van der Waals surface area contributed by atoms with Gasteiger partial charge in [0.1, 0.15) is 11.5 Å². The summed E-state index contributed by atoms with van der Waals surface area (Å²) in [5.74, 6) is 1.79. The van der Waals surface area contributed by atoms with E-state index in [1.807, 2.05) is 48.5 Å². The first-order valence-corrected chi connectivity index (χ1v) is 7.85. The predicted molar refractivity (Wildman–Crippen MR) is 96.6 cm³/mol. The molecule has 0 aliphatic heterocycles. The normalized spacial score (nSPS) is 11.0. The van der Waals surface area contributed by atoms with Gasteiger partial charge in [0.05, 0.1) is 14.2 Å². The Bertz CT molecular complexity index is 911. The van der Waals surface area contributed by atoms with Crippen molar-refractivity contribution >= 4 is 23.0 Å². The molecular formula is C20H19NO4. The van der Waals surface area contributed by atoms with E-state index in [0.717, 1.165) is 16.7 Å². The van der Waals surface area contributed by atoms with Crippen molar-refractivity contribution in [3.05, 3.63) is 65.9 Å². The van der Waals surface area contributed by atoms with Crippen LogP contribution in [0.15, 0.2) is 59.0 Å². The van der Waals surface area contributed by atoms with Gasteiger partial charge in [-0.25, -0.2) is 0 Å². The summed E-state index contributed by atoms with van der Waals surface area (Å²) >= 11 is 0. The maximum Gasteiger partial charge on any atom is 0.244 e. The summed E-state index contributed by atoms with van der Waals surface area (Å²) in [6.07, 6.45) is 3.08. The Morgan fingerprint density at radius 1 is 1.08 bits per heavy atom. The molecule has 0 unspecified atom stereocenters. The summed E-state index contributed by atoms with van der Waals surface area (Å²) in [7, 11) is 3.20. The Morgan fingerprint density at radius 3 is 2.64 bits per heavy atom. The number of fused-ring (bicyclic) bond motifs is 1. The minimum absolute atomic E-state index is 0.210. The van der Waals surface area contributed by atoms with Crippen molar-refractivity contribution in [2.24, 2.45) is 0 Å². The molecule has 5 nitrogen and oxygen atoms in total. The average Bonchev–Trinajstić information content (AvgIpc) is 3.08. The van der Waals surface area contributed by atoms with Gasteiger partial charge in [0, 0.05) is 23.6 Å². The van der Waals surface area contributed by atoms with Crippen molar-refractivity contribution < 1.29 is 18.7 Å². The molecule has 0 bridgehead atoms. The second-order valence-electron chi connectivity index (χ2n) is 5.39. The average molecular weight is 337 g/mol. The molecule has 3 aromatic rings. The standard InChI is InChI=1S/C20H19NO4/c1-23-17-8-4-3-6-15(17)13-21-19(22)11-10-16-12-14-7-5-9-18(24-2)20(14)25-16/h3-12H,13H2,1-2H3,(H,21,22). The number of para-hydroxylation sites is 2. The van der Waals surface area contributed by atoms with E-state index in [1.165, 1.54) is 6.08 Å². The smallest absolute Gasteiger partial charge is 0.244 e. The molecule has 5 heteroatoms. The van der Waals surface area contributed by atoms with E-state index < -0.39 is 0 Å². The monoisotopic (exact) mass is 337 g/mol. The molecule has 3 rings (SSSR count). The number of furan rings is 1. The highest BCUT2D eigenvalue weighted by atomic mass is 16.5. The van der Waals surface area contributed by atoms with Crippen LogP contribution in [0.1, 0.15) is 11.3 Å². The van der Waals surface area contributed by atoms with Crippen LogP contribution in [0.2, 0.25) is 0 Å². The third-order valence-electron chi connectivity index (χ3n) is 3.79. The quantitative estimate of drug-likeness (QED) is 0.696. The molecule has 1 heterocycles. The minimum Gasteiger partial charge on any atom is -0.496 e. The number of carbonyl (C=O) groups is 1. The fraction of sp³-hybridized carbons (Fsp3) is 0.150. The Labute approximate surface area is 145 Å². The van der Waals surface area contributed by atoms with Crippen molar-refractivity contribution in [2.45, 2.75) is 6.54 Å². The van der Waals surface area contributed by atoms with Gasteiger partial charge in [-0.2, -0.15) is 0 Å². The second-order valence-corrected chi connectivity index (χ2v) is 5.39. The molecule has 2 aromatic carbocycles. The van der Waals surface area contributed by atoms with E-state index >= 15 is 0 Å². The van der Waals surface area contributed by atoms with Crippen LogP contribution in [-0.4, -0.2) is 20.1 Å². The molecule has 128 valence electrons. The first kappa shape index (κ1) is 16.6. The van der Waals surface area contributed by atoms with Crippen LogP contribution < -0.4 is 14.8 Å². The molecule has 1 amide bonds. The lowest BCUT2D eigenvalue weighted by atomic mass is 10.2. The highest BCUT2D eigenvalue weighted by molar-refractivity contribution is 5.92. The van der Waals surface area contributed by atoms with Gasteiger partial charge in [-0.05, 0) is 24.3 Å². The van der Waals surface area contributed by atoms with E-state index in [4.69, 9.17) is 13.9 Å². The zero-order chi connectivity index (χ0) is 17.6. The molecule has 0 radical (unpaired) electrons. The summed E-state index contributed by atoms with van der Waals surface area (Å²) in [4.78, 5) is 12.0. The summed E-state index contributed by atoms with van der Waals surface area (Å²) in [6.45, 7) is 0.390. The Kier molecular flexibility index (Phi) is 5.04. The zero-order valence-corrected chi connectivity index (χ0v) is 14.1. The number of amides is 1. The fourth-order valence-electron chi connectivity index (χ4n) is 2.55. The SMILES string of the molecule is COc1ccccc1CNC(=O)C=Cc1cc2cccc(OC)c2o1. The molecular weight excluding hydrogens is 318 g/mol. The molecule has 0 aliphatic carbocycles. The van der Waals surface area contributed by atoms with E-state index in [-0.39, 0.29) is 5.91 Å². The maximum absolute atomic E-state index is 12.0. The molecule has 1 N–H and O–H groups in total. The first-order valence-electron chi connectivity index (χ1n) is 7.85. The van der Waals surface area contributed by atoms with Gasteiger partial charge in [-0.3, -0.25) is 4.79 Å². The van der Waals surface area contributed by atoms with Crippen LogP contribution in [0.5, 0.6) is 11.5 Å². The van der Waals surface area contributed by atoms with Crippen LogP contribution in [0, 0.1) is 0 Å². The van der Waals surface area contributed by atoms with Crippen molar-refractivity contribution in [3.8, 4) is 11.5 Å². The zero-order valence-electron chi connectivity index (χ0n) is 14.1. The molecule has 0 saturated heterocycles. The Morgan fingerprint density at radius 2 is 1.84 bits per heavy atom. The Hall–Kier alpha value is -3.21. The number of ether oxygens (including phenoxy) is 2. The van der Waals surface area contributed by atoms with Gasteiger partial charge in [0.15, 0.2) is 11.3 Å². The molecule has 0 saturated carbocycles. The van der Waals surface area contributed by atoms with Crippen LogP contribution in [-0.2, 0) is 11.3 Å². The van der Waals surface area contributed by atoms with Crippen molar-refractivity contribution in [1.82, 2.24) is 5.32 Å². The third kappa shape index (κ3) is 3.83. The highest BCUT2D eigenvalue weighted by Crippen LogP contribution is 2.28. The number of nitrogens with one attached hydrogen (secondary N) is 1. The van der Waals surface area contributed by atoms with Crippen LogP contribution in [0.25, 0.3) is 17.0 Å². The molecule has 25 heavy (non-hydrogen) atoms. The van der Waals surface area contributed by atoms with E-state index in [1.54, 1.807) is 20.3 Å². The summed E-state index contributed by atoms with van der Waals surface area (Å²) in [5.41, 5.74) is 1.58. The summed E-state index contributed by atoms with van der Waals surface area (Å²) in [5, 5.41) is 3.75. The van der Waals surface area contributed by atoms with Crippen LogP contribution in [0.3, 0.4) is 0 Å². The Balaban J connectivity index is 1.66. The lowest BCUT2D eigenvalue weighted by Crippen LogP contribution is -2.20. The number of rotatable bonds is 6. The van der Waals surface area contributed by atoms with Crippen LogP contribution in [0.4, 0.5) is 0 Å². The van der Waals surface area contributed by atoms with E-state index in [0.29, 0.717) is 23.6 Å². The van der Waals surface area contributed by atoms with Gasteiger partial charge in [-0.1, -0.05) is 30.3 Å². The third-order valence-corrected chi connectivity index (χ3v) is 3.79. The highest BCUT2D eigenvalue weighted by Gasteiger charge is 2.07. The minimum atomic E-state index is -0.210. The summed E-state index contributed by atoms with van der Waals surface area (Å²) in [6, 6.07) is 15.1. The van der Waals surface area contributed by atoms with Gasteiger partial charge in [-0.15, -0.1) is 0 Å². The van der Waals surface area contributed by atoms with Crippen molar-refractivity contribution in [1.29, 1.82) is 0 Å². The fourth-order valence-corrected chi connectivity index (χ4v) is 2.55. The lowest BCUT2D eigenvalue weighted by Gasteiger charge is -2.08. The molecule has 1 aromatic heterocycles. The first-order chi connectivity index (χ1) is 12.2. The lowest BCUT2D eigenvalue weighted by molar-refractivity contribution is -0.116. The topological polar surface area (TPSA) is 60.7 Å². The largest absolute Gasteiger partial charge is 0.496 e. The van der Waals surface area contributed by atoms with E-state index in [9.17, 15) is 4.79 Å². The predicted octanol–water partition coefficient (Wildman–Crippen LogP) is 3.78.